The van der Waals surface area contributed by atoms with Crippen LogP contribution in [0.5, 0.6) is 5.75 Å². The summed E-state index contributed by atoms with van der Waals surface area (Å²) < 4.78 is 5.66. The lowest BCUT2D eigenvalue weighted by atomic mass is 10.0. The average molecular weight is 251 g/mol. The van der Waals surface area contributed by atoms with Crippen molar-refractivity contribution >= 4 is 11.6 Å². The van der Waals surface area contributed by atoms with Crippen LogP contribution in [0.2, 0.25) is 5.02 Å². The molecule has 1 aromatic carbocycles. The summed E-state index contributed by atoms with van der Waals surface area (Å²) >= 11 is 5.93. The van der Waals surface area contributed by atoms with Gasteiger partial charge in [-0.1, -0.05) is 30.5 Å². The molecular formula is C13H15ClN2O. The fourth-order valence-corrected chi connectivity index (χ4v) is 2.39. The Morgan fingerprint density at radius 1 is 1.41 bits per heavy atom. The van der Waals surface area contributed by atoms with E-state index in [9.17, 15) is 0 Å². The molecule has 0 bridgehead atoms. The van der Waals surface area contributed by atoms with Crippen LogP contribution in [0.25, 0.3) is 0 Å². The van der Waals surface area contributed by atoms with Crippen LogP contribution in [0.3, 0.4) is 0 Å². The number of nitriles is 1. The van der Waals surface area contributed by atoms with Gasteiger partial charge in [0.15, 0.2) is 0 Å². The predicted octanol–water partition coefficient (Wildman–Crippen LogP) is 2.86. The Morgan fingerprint density at radius 2 is 2.12 bits per heavy atom. The quantitative estimate of drug-likeness (QED) is 0.897. The number of hydrogen-bond donors (Lipinski definition) is 1. The first-order valence-electron chi connectivity index (χ1n) is 5.75. The van der Waals surface area contributed by atoms with E-state index >= 15 is 0 Å². The van der Waals surface area contributed by atoms with Gasteiger partial charge in [0.25, 0.3) is 0 Å². The molecular weight excluding hydrogens is 236 g/mol. The number of rotatable bonds is 3. The summed E-state index contributed by atoms with van der Waals surface area (Å²) in [6, 6.07) is 7.26. The van der Waals surface area contributed by atoms with E-state index in [2.05, 4.69) is 6.07 Å². The Labute approximate surface area is 106 Å². The van der Waals surface area contributed by atoms with E-state index in [1.807, 2.05) is 0 Å². The number of benzene rings is 1. The molecule has 0 aliphatic heterocycles. The fraction of sp³-hybridized carbons (Fsp3) is 0.462. The van der Waals surface area contributed by atoms with Gasteiger partial charge in [-0.3, -0.25) is 0 Å². The van der Waals surface area contributed by atoms with Crippen molar-refractivity contribution in [2.24, 2.45) is 5.73 Å². The van der Waals surface area contributed by atoms with Gasteiger partial charge in [-0.05, 0) is 25.0 Å². The Bertz CT molecular complexity index is 447. The van der Waals surface area contributed by atoms with E-state index in [0.29, 0.717) is 22.9 Å². The van der Waals surface area contributed by atoms with E-state index in [0.717, 1.165) is 25.7 Å². The third-order valence-electron chi connectivity index (χ3n) is 3.20. The zero-order valence-corrected chi connectivity index (χ0v) is 10.3. The van der Waals surface area contributed by atoms with Gasteiger partial charge in [-0.15, -0.1) is 0 Å². The van der Waals surface area contributed by atoms with Crippen molar-refractivity contribution in [1.29, 1.82) is 5.26 Å². The van der Waals surface area contributed by atoms with Crippen LogP contribution in [0, 0.1) is 11.3 Å². The molecule has 0 amide bonds. The first-order valence-corrected chi connectivity index (χ1v) is 6.13. The second kappa shape index (κ2) is 4.95. The van der Waals surface area contributed by atoms with Crippen LogP contribution in [-0.4, -0.2) is 12.1 Å². The molecule has 0 aromatic heterocycles. The molecule has 0 heterocycles. The molecule has 1 aliphatic carbocycles. The largest absolute Gasteiger partial charge is 0.490 e. The van der Waals surface area contributed by atoms with Gasteiger partial charge in [-0.2, -0.15) is 5.26 Å². The van der Waals surface area contributed by atoms with Gasteiger partial charge in [0.2, 0.25) is 0 Å². The van der Waals surface area contributed by atoms with Crippen LogP contribution in [-0.2, 0) is 0 Å². The molecule has 3 nitrogen and oxygen atoms in total. The van der Waals surface area contributed by atoms with Gasteiger partial charge in [0.1, 0.15) is 24.0 Å². The summed E-state index contributed by atoms with van der Waals surface area (Å²) in [5.74, 6) is 0.525. The van der Waals surface area contributed by atoms with Gasteiger partial charge in [0.05, 0.1) is 10.6 Å². The Balaban J connectivity index is 2.09. The lowest BCUT2D eigenvalue weighted by molar-refractivity contribution is 0.220. The zero-order valence-electron chi connectivity index (χ0n) is 9.58. The van der Waals surface area contributed by atoms with Gasteiger partial charge < -0.3 is 10.5 Å². The van der Waals surface area contributed by atoms with Crippen molar-refractivity contribution in [3.05, 3.63) is 28.8 Å². The number of nitrogens with two attached hydrogens (primary N) is 1. The topological polar surface area (TPSA) is 59.0 Å². The molecule has 1 fully saturated rings. The van der Waals surface area contributed by atoms with Crippen LogP contribution in [0.4, 0.5) is 0 Å². The Morgan fingerprint density at radius 3 is 2.76 bits per heavy atom. The van der Waals surface area contributed by atoms with E-state index in [1.165, 1.54) is 0 Å². The van der Waals surface area contributed by atoms with Crippen LogP contribution in [0.15, 0.2) is 18.2 Å². The SMILES string of the molecule is N#Cc1c(Cl)cccc1OCC1(N)CCCC1. The molecule has 2 rings (SSSR count). The average Bonchev–Trinajstić information content (AvgIpc) is 2.74. The fourth-order valence-electron chi connectivity index (χ4n) is 2.18. The summed E-state index contributed by atoms with van der Waals surface area (Å²) in [6.07, 6.45) is 4.27. The van der Waals surface area contributed by atoms with Gasteiger partial charge in [-0.25, -0.2) is 0 Å². The van der Waals surface area contributed by atoms with Gasteiger partial charge in [0, 0.05) is 0 Å². The predicted molar refractivity (Wildman–Crippen MR) is 67.0 cm³/mol. The maximum atomic E-state index is 9.01. The standard InChI is InChI=1S/C13H15ClN2O/c14-11-4-3-5-12(10(11)8-15)17-9-13(16)6-1-2-7-13/h3-5H,1-2,6-7,9,16H2. The molecule has 17 heavy (non-hydrogen) atoms. The highest BCUT2D eigenvalue weighted by Gasteiger charge is 2.30. The molecule has 1 saturated carbocycles. The number of hydrogen-bond acceptors (Lipinski definition) is 3. The molecule has 0 atom stereocenters. The van der Waals surface area contributed by atoms with E-state index in [1.54, 1.807) is 18.2 Å². The Hall–Kier alpha value is -1.24. The third-order valence-corrected chi connectivity index (χ3v) is 3.52. The molecule has 90 valence electrons. The lowest BCUT2D eigenvalue weighted by Crippen LogP contribution is -2.42. The second-order valence-electron chi connectivity index (χ2n) is 4.58. The number of halogens is 1. The summed E-state index contributed by atoms with van der Waals surface area (Å²) in [7, 11) is 0. The molecule has 0 spiro atoms. The van der Waals surface area contributed by atoms with Crippen molar-refractivity contribution in [3.8, 4) is 11.8 Å². The van der Waals surface area contributed by atoms with Gasteiger partial charge >= 0.3 is 0 Å². The Kier molecular flexibility index (Phi) is 3.56. The highest BCUT2D eigenvalue weighted by atomic mass is 35.5. The maximum Gasteiger partial charge on any atom is 0.138 e. The minimum absolute atomic E-state index is 0.241. The molecule has 0 unspecified atom stereocenters. The normalized spacial score (nSPS) is 17.7. The van der Waals surface area contributed by atoms with Crippen LogP contribution < -0.4 is 10.5 Å². The van der Waals surface area contributed by atoms with E-state index in [-0.39, 0.29) is 5.54 Å². The summed E-state index contributed by atoms with van der Waals surface area (Å²) in [5, 5.41) is 9.43. The first kappa shape index (κ1) is 12.2. The molecule has 0 saturated heterocycles. The first-order chi connectivity index (χ1) is 8.14. The number of nitrogens with zero attached hydrogens (tertiary/aromatic N) is 1. The highest BCUT2D eigenvalue weighted by molar-refractivity contribution is 6.31. The molecule has 1 aliphatic rings. The zero-order chi connectivity index (χ0) is 12.3. The highest BCUT2D eigenvalue weighted by Crippen LogP contribution is 2.30. The smallest absolute Gasteiger partial charge is 0.138 e. The summed E-state index contributed by atoms with van der Waals surface area (Å²) in [4.78, 5) is 0. The van der Waals surface area contributed by atoms with E-state index in [4.69, 9.17) is 27.3 Å². The third kappa shape index (κ3) is 2.71. The summed E-state index contributed by atoms with van der Waals surface area (Å²) in [6.45, 7) is 0.446. The monoisotopic (exact) mass is 250 g/mol. The van der Waals surface area contributed by atoms with Crippen molar-refractivity contribution in [3.63, 3.8) is 0 Å². The van der Waals surface area contributed by atoms with Crippen molar-refractivity contribution < 1.29 is 4.74 Å². The minimum Gasteiger partial charge on any atom is -0.490 e. The lowest BCUT2D eigenvalue weighted by Gasteiger charge is -2.23. The van der Waals surface area contributed by atoms with E-state index < -0.39 is 0 Å². The molecule has 0 radical (unpaired) electrons. The van der Waals surface area contributed by atoms with Crippen LogP contribution in [0.1, 0.15) is 31.2 Å². The molecule has 4 heteroatoms. The molecule has 2 N–H and O–H groups in total. The summed E-state index contributed by atoms with van der Waals surface area (Å²) in [5.41, 5.74) is 6.34. The minimum atomic E-state index is -0.241. The van der Waals surface area contributed by atoms with Crippen molar-refractivity contribution in [1.82, 2.24) is 0 Å². The number of ether oxygens (including phenoxy) is 1. The van der Waals surface area contributed by atoms with Crippen molar-refractivity contribution in [2.45, 2.75) is 31.2 Å². The van der Waals surface area contributed by atoms with Crippen LogP contribution >= 0.6 is 11.6 Å². The maximum absolute atomic E-state index is 9.01. The molecule has 1 aromatic rings. The van der Waals surface area contributed by atoms with Crippen molar-refractivity contribution in [2.75, 3.05) is 6.61 Å². The second-order valence-corrected chi connectivity index (χ2v) is 4.99.